The Balaban J connectivity index is 1.61. The topological polar surface area (TPSA) is 105 Å². The number of carbonyl (C=O) groups excluding carboxylic acids is 1. The van der Waals surface area contributed by atoms with Gasteiger partial charge in [0.25, 0.3) is 5.91 Å². The average molecular weight is 517 g/mol. The van der Waals surface area contributed by atoms with E-state index < -0.39 is 15.9 Å². The Labute approximate surface area is 211 Å². The Morgan fingerprint density at radius 3 is 2.34 bits per heavy atom. The lowest BCUT2D eigenvalue weighted by Crippen LogP contribution is -2.31. The average Bonchev–Trinajstić information content (AvgIpc) is 3.27. The molecule has 0 saturated carbocycles. The Hall–Kier alpha value is -2.69. The van der Waals surface area contributed by atoms with E-state index in [4.69, 9.17) is 4.42 Å². The van der Waals surface area contributed by atoms with Gasteiger partial charge in [-0.05, 0) is 48.4 Å². The molecule has 0 fully saturated rings. The number of rotatable bonds is 12. The molecular weight excluding hydrogens is 484 g/mol. The molecule has 0 aliphatic carbocycles. The summed E-state index contributed by atoms with van der Waals surface area (Å²) in [7, 11) is -3.60. The number of sulfonamides is 1. The Morgan fingerprint density at radius 1 is 1.06 bits per heavy atom. The maximum absolute atomic E-state index is 12.9. The Kier molecular flexibility index (Phi) is 9.47. The van der Waals surface area contributed by atoms with Gasteiger partial charge in [0.1, 0.15) is 0 Å². The number of nitrogens with zero attached hydrogens (tertiary/aromatic N) is 3. The molecule has 0 spiro atoms. The zero-order valence-corrected chi connectivity index (χ0v) is 22.2. The number of nitrogens with one attached hydrogen (secondary N) is 1. The summed E-state index contributed by atoms with van der Waals surface area (Å²) in [5.74, 6) is -0.0738. The van der Waals surface area contributed by atoms with Gasteiger partial charge >= 0.3 is 6.01 Å². The molecule has 3 rings (SSSR count). The largest absolute Gasteiger partial charge is 0.407 e. The third-order valence-electron chi connectivity index (χ3n) is 5.21. The van der Waals surface area contributed by atoms with Gasteiger partial charge in [0, 0.05) is 28.8 Å². The van der Waals surface area contributed by atoms with E-state index in [1.807, 2.05) is 26.0 Å². The zero-order valence-electron chi connectivity index (χ0n) is 20.5. The molecule has 0 bridgehead atoms. The SMILES string of the molecule is CCCCN(CC)S(=O)(=O)c1ccc(C(=O)Nc2nnc(Cc3ccc(SC(C)C)cc3)o2)cc1. The number of benzene rings is 2. The minimum Gasteiger partial charge on any atom is -0.407 e. The van der Waals surface area contributed by atoms with Gasteiger partial charge in [-0.3, -0.25) is 10.1 Å². The van der Waals surface area contributed by atoms with Crippen molar-refractivity contribution in [2.75, 3.05) is 18.4 Å². The summed E-state index contributed by atoms with van der Waals surface area (Å²) in [6, 6.07) is 14.0. The molecule has 0 aliphatic heterocycles. The van der Waals surface area contributed by atoms with Gasteiger partial charge < -0.3 is 4.42 Å². The second kappa shape index (κ2) is 12.3. The van der Waals surface area contributed by atoms with Crippen molar-refractivity contribution in [2.45, 2.75) is 62.0 Å². The molecule has 1 amide bonds. The molecule has 10 heteroatoms. The van der Waals surface area contributed by atoms with Crippen molar-refractivity contribution in [3.05, 3.63) is 65.5 Å². The first-order valence-electron chi connectivity index (χ1n) is 11.7. The molecule has 188 valence electrons. The first kappa shape index (κ1) is 26.9. The number of anilines is 1. The van der Waals surface area contributed by atoms with Crippen molar-refractivity contribution in [3.8, 4) is 0 Å². The number of carbonyl (C=O) groups is 1. The maximum Gasteiger partial charge on any atom is 0.322 e. The van der Waals surface area contributed by atoms with Crippen molar-refractivity contribution in [1.29, 1.82) is 0 Å². The molecule has 0 aliphatic rings. The zero-order chi connectivity index (χ0) is 25.4. The Bertz CT molecular complexity index is 1210. The second-order valence-electron chi connectivity index (χ2n) is 8.32. The molecular formula is C25H32N4O4S2. The molecule has 2 aromatic carbocycles. The van der Waals surface area contributed by atoms with E-state index in [2.05, 4.69) is 41.5 Å². The van der Waals surface area contributed by atoms with Gasteiger partial charge in [0.2, 0.25) is 15.9 Å². The summed E-state index contributed by atoms with van der Waals surface area (Å²) < 4.78 is 32.7. The summed E-state index contributed by atoms with van der Waals surface area (Å²) in [5, 5.41) is 11.0. The van der Waals surface area contributed by atoms with E-state index in [0.717, 1.165) is 18.4 Å². The number of hydrogen-bond acceptors (Lipinski definition) is 7. The van der Waals surface area contributed by atoms with Gasteiger partial charge in [0.15, 0.2) is 0 Å². The molecule has 8 nitrogen and oxygen atoms in total. The van der Waals surface area contributed by atoms with E-state index in [9.17, 15) is 13.2 Å². The predicted octanol–water partition coefficient (Wildman–Crippen LogP) is 5.22. The third kappa shape index (κ3) is 7.39. The summed E-state index contributed by atoms with van der Waals surface area (Å²) in [6.45, 7) is 9.00. The van der Waals surface area contributed by atoms with E-state index >= 15 is 0 Å². The van der Waals surface area contributed by atoms with Crippen LogP contribution >= 0.6 is 11.8 Å². The van der Waals surface area contributed by atoms with Crippen molar-refractivity contribution >= 4 is 33.7 Å². The van der Waals surface area contributed by atoms with Crippen LogP contribution in [0.1, 0.15) is 62.3 Å². The van der Waals surface area contributed by atoms with Gasteiger partial charge in [-0.2, -0.15) is 4.31 Å². The van der Waals surface area contributed by atoms with Crippen LogP contribution in [0.25, 0.3) is 0 Å². The summed E-state index contributed by atoms with van der Waals surface area (Å²) in [4.78, 5) is 14.0. The predicted molar refractivity (Wildman–Crippen MR) is 138 cm³/mol. The molecule has 3 aromatic rings. The molecule has 1 heterocycles. The van der Waals surface area contributed by atoms with Gasteiger partial charge in [-0.15, -0.1) is 16.9 Å². The van der Waals surface area contributed by atoms with E-state index in [1.165, 1.54) is 33.5 Å². The monoisotopic (exact) mass is 516 g/mol. The van der Waals surface area contributed by atoms with E-state index in [0.29, 0.717) is 36.2 Å². The fraction of sp³-hybridized carbons (Fsp3) is 0.400. The standard InChI is InChI=1S/C25H32N4O4S2/c1-5-7-16-29(6-2)35(31,32)22-14-10-20(11-15-22)24(30)26-25-28-27-23(33-25)17-19-8-12-21(13-9-19)34-18(3)4/h8-15,18H,5-7,16-17H2,1-4H3,(H,26,28,30). The van der Waals surface area contributed by atoms with Gasteiger partial charge in [-0.1, -0.05) is 51.3 Å². The van der Waals surface area contributed by atoms with Crippen molar-refractivity contribution < 1.29 is 17.6 Å². The minimum atomic E-state index is -3.60. The third-order valence-corrected chi connectivity index (χ3v) is 8.21. The van der Waals surface area contributed by atoms with Crippen LogP contribution in [-0.4, -0.2) is 47.2 Å². The number of aromatic nitrogens is 2. The van der Waals surface area contributed by atoms with Crippen LogP contribution < -0.4 is 5.32 Å². The fourth-order valence-electron chi connectivity index (χ4n) is 3.39. The second-order valence-corrected chi connectivity index (χ2v) is 11.9. The molecule has 0 radical (unpaired) electrons. The maximum atomic E-state index is 12.9. The molecule has 1 N–H and O–H groups in total. The highest BCUT2D eigenvalue weighted by atomic mass is 32.2. The molecule has 0 unspecified atom stereocenters. The summed E-state index contributed by atoms with van der Waals surface area (Å²) in [5.41, 5.74) is 1.31. The summed E-state index contributed by atoms with van der Waals surface area (Å²) >= 11 is 1.80. The lowest BCUT2D eigenvalue weighted by atomic mass is 10.1. The van der Waals surface area contributed by atoms with Crippen LogP contribution in [0.5, 0.6) is 0 Å². The van der Waals surface area contributed by atoms with Crippen LogP contribution in [0.4, 0.5) is 6.01 Å². The fourth-order valence-corrected chi connectivity index (χ4v) is 5.71. The highest BCUT2D eigenvalue weighted by Crippen LogP contribution is 2.24. The molecule has 0 saturated heterocycles. The minimum absolute atomic E-state index is 0.00888. The van der Waals surface area contributed by atoms with Crippen LogP contribution in [0.3, 0.4) is 0 Å². The van der Waals surface area contributed by atoms with Crippen LogP contribution in [0, 0.1) is 0 Å². The van der Waals surface area contributed by atoms with Crippen LogP contribution in [0.15, 0.2) is 62.7 Å². The Morgan fingerprint density at radius 2 is 1.74 bits per heavy atom. The highest BCUT2D eigenvalue weighted by molar-refractivity contribution is 7.99. The smallest absolute Gasteiger partial charge is 0.322 e. The molecule has 0 atom stereocenters. The van der Waals surface area contributed by atoms with E-state index in [1.54, 1.807) is 11.8 Å². The normalized spacial score (nSPS) is 11.8. The van der Waals surface area contributed by atoms with Crippen molar-refractivity contribution in [3.63, 3.8) is 0 Å². The van der Waals surface area contributed by atoms with Crippen LogP contribution in [-0.2, 0) is 16.4 Å². The molecule has 1 aromatic heterocycles. The van der Waals surface area contributed by atoms with Crippen LogP contribution in [0.2, 0.25) is 0 Å². The number of hydrogen-bond donors (Lipinski definition) is 1. The first-order chi connectivity index (χ1) is 16.7. The number of thioether (sulfide) groups is 1. The lowest BCUT2D eigenvalue weighted by molar-refractivity contribution is 0.102. The highest BCUT2D eigenvalue weighted by Gasteiger charge is 2.23. The van der Waals surface area contributed by atoms with Gasteiger partial charge in [-0.25, -0.2) is 8.42 Å². The van der Waals surface area contributed by atoms with Crippen molar-refractivity contribution in [1.82, 2.24) is 14.5 Å². The van der Waals surface area contributed by atoms with Crippen molar-refractivity contribution in [2.24, 2.45) is 0 Å². The van der Waals surface area contributed by atoms with E-state index in [-0.39, 0.29) is 10.9 Å². The molecule has 35 heavy (non-hydrogen) atoms. The summed E-state index contributed by atoms with van der Waals surface area (Å²) in [6.07, 6.45) is 2.16. The first-order valence-corrected chi connectivity index (χ1v) is 14.0. The number of amides is 1. The number of unbranched alkanes of at least 4 members (excludes halogenated alkanes) is 1. The quantitative estimate of drug-likeness (QED) is 0.329. The lowest BCUT2D eigenvalue weighted by Gasteiger charge is -2.20. The van der Waals surface area contributed by atoms with Gasteiger partial charge in [0.05, 0.1) is 11.3 Å².